The van der Waals surface area contributed by atoms with E-state index in [1.54, 1.807) is 6.20 Å². The molecule has 1 aromatic carbocycles. The van der Waals surface area contributed by atoms with Gasteiger partial charge in [-0.3, -0.25) is 0 Å². The number of hydrogen-bond acceptors (Lipinski definition) is 4. The van der Waals surface area contributed by atoms with Crippen molar-refractivity contribution in [3.8, 4) is 17.0 Å². The lowest BCUT2D eigenvalue weighted by molar-refractivity contribution is 0.100. The largest absolute Gasteiger partial charge is 0.481 e. The molecule has 0 unspecified atom stereocenters. The van der Waals surface area contributed by atoms with E-state index in [4.69, 9.17) is 14.7 Å². The fraction of sp³-hybridized carbons (Fsp3) is 0.235. The second-order valence-corrected chi connectivity index (χ2v) is 6.94. The first-order valence-electron chi connectivity index (χ1n) is 7.08. The molecule has 3 heterocycles. The number of halogens is 1. The van der Waals surface area contributed by atoms with Crippen LogP contribution in [-0.4, -0.2) is 15.0 Å². The van der Waals surface area contributed by atoms with Gasteiger partial charge in [-0.2, -0.15) is 0 Å². The van der Waals surface area contributed by atoms with Gasteiger partial charge in [0, 0.05) is 16.2 Å². The maximum absolute atomic E-state index is 6.13. The Morgan fingerprint density at radius 1 is 1.14 bits per heavy atom. The molecule has 0 amide bonds. The number of aryl methyl sites for hydroxylation is 1. The van der Waals surface area contributed by atoms with Crippen LogP contribution >= 0.6 is 15.9 Å². The van der Waals surface area contributed by atoms with Crippen LogP contribution in [-0.2, 0) is 5.60 Å². The summed E-state index contributed by atoms with van der Waals surface area (Å²) in [6.45, 7) is 6.08. The Kier molecular flexibility index (Phi) is 2.78. The maximum atomic E-state index is 6.13. The third-order valence-corrected chi connectivity index (χ3v) is 4.25. The topological polar surface area (TPSA) is 47.9 Å². The van der Waals surface area contributed by atoms with E-state index in [-0.39, 0.29) is 0 Å². The molecular weight excluding hydrogens is 342 g/mol. The van der Waals surface area contributed by atoms with Crippen LogP contribution in [0.2, 0.25) is 0 Å². The van der Waals surface area contributed by atoms with Crippen molar-refractivity contribution in [2.24, 2.45) is 0 Å². The molecule has 4 rings (SSSR count). The highest BCUT2D eigenvalue weighted by Gasteiger charge is 2.35. The second-order valence-electron chi connectivity index (χ2n) is 6.03. The van der Waals surface area contributed by atoms with Gasteiger partial charge in [0.1, 0.15) is 28.3 Å². The van der Waals surface area contributed by atoms with Crippen molar-refractivity contribution in [1.29, 1.82) is 0 Å². The molecule has 5 heteroatoms. The van der Waals surface area contributed by atoms with Gasteiger partial charge in [-0.1, -0.05) is 11.6 Å². The summed E-state index contributed by atoms with van der Waals surface area (Å²) < 4.78 is 7.03. The highest BCUT2D eigenvalue weighted by Crippen LogP contribution is 2.44. The van der Waals surface area contributed by atoms with Gasteiger partial charge >= 0.3 is 0 Å². The highest BCUT2D eigenvalue weighted by molar-refractivity contribution is 9.10. The summed E-state index contributed by atoms with van der Waals surface area (Å²) in [5, 5.41) is 0. The summed E-state index contributed by atoms with van der Waals surface area (Å²) in [4.78, 5) is 13.9. The Labute approximate surface area is 136 Å². The number of aromatic nitrogens is 3. The smallest absolute Gasteiger partial charge is 0.178 e. The van der Waals surface area contributed by atoms with Crippen molar-refractivity contribution in [3.05, 3.63) is 46.2 Å². The third-order valence-electron chi connectivity index (χ3n) is 3.81. The van der Waals surface area contributed by atoms with Crippen LogP contribution in [0.1, 0.15) is 25.1 Å². The minimum absolute atomic E-state index is 0.534. The van der Waals surface area contributed by atoms with E-state index in [0.717, 1.165) is 32.7 Å². The number of pyridine rings is 1. The predicted octanol–water partition coefficient (Wildman–Crippen LogP) is 4.39. The van der Waals surface area contributed by atoms with Gasteiger partial charge in [0.15, 0.2) is 5.65 Å². The molecule has 1 aliphatic rings. The molecule has 0 bridgehead atoms. The molecule has 110 valence electrons. The van der Waals surface area contributed by atoms with E-state index in [1.807, 2.05) is 32.0 Å². The maximum Gasteiger partial charge on any atom is 0.178 e. The van der Waals surface area contributed by atoms with Crippen LogP contribution in [0, 0.1) is 6.92 Å². The number of benzene rings is 1. The van der Waals surface area contributed by atoms with Crippen molar-refractivity contribution < 1.29 is 4.74 Å². The Morgan fingerprint density at radius 2 is 1.95 bits per heavy atom. The van der Waals surface area contributed by atoms with Crippen molar-refractivity contribution in [2.45, 2.75) is 26.4 Å². The minimum atomic E-state index is -0.534. The summed E-state index contributed by atoms with van der Waals surface area (Å²) in [6.07, 6.45) is 1.73. The fourth-order valence-electron chi connectivity index (χ4n) is 2.77. The van der Waals surface area contributed by atoms with Crippen LogP contribution in [0.3, 0.4) is 0 Å². The normalized spacial score (nSPS) is 15.1. The van der Waals surface area contributed by atoms with E-state index in [0.29, 0.717) is 5.65 Å². The lowest BCUT2D eigenvalue weighted by atomic mass is 9.93. The summed E-state index contributed by atoms with van der Waals surface area (Å²) in [6, 6.07) is 8.08. The molecule has 0 N–H and O–H groups in total. The Hall–Kier alpha value is -2.01. The van der Waals surface area contributed by atoms with Crippen molar-refractivity contribution >= 4 is 27.1 Å². The first-order valence-corrected chi connectivity index (χ1v) is 7.87. The van der Waals surface area contributed by atoms with Crippen molar-refractivity contribution in [3.63, 3.8) is 0 Å². The zero-order chi connectivity index (χ0) is 15.5. The van der Waals surface area contributed by atoms with E-state index in [2.05, 4.69) is 33.9 Å². The van der Waals surface area contributed by atoms with Gasteiger partial charge in [-0.05, 0) is 54.9 Å². The lowest BCUT2D eigenvalue weighted by Gasteiger charge is -2.33. The summed E-state index contributed by atoms with van der Waals surface area (Å²) in [7, 11) is 0. The Bertz CT molecular complexity index is 921. The first kappa shape index (κ1) is 13.6. The van der Waals surface area contributed by atoms with Gasteiger partial charge in [0.05, 0.1) is 0 Å². The predicted molar refractivity (Wildman–Crippen MR) is 88.9 cm³/mol. The highest BCUT2D eigenvalue weighted by atomic mass is 79.9. The average Bonchev–Trinajstić information content (AvgIpc) is 2.46. The fourth-order valence-corrected chi connectivity index (χ4v) is 3.09. The second kappa shape index (κ2) is 4.49. The van der Waals surface area contributed by atoms with Crippen LogP contribution in [0.15, 0.2) is 34.9 Å². The lowest BCUT2D eigenvalue weighted by Crippen LogP contribution is -2.31. The minimum Gasteiger partial charge on any atom is -0.481 e. The monoisotopic (exact) mass is 355 g/mol. The van der Waals surface area contributed by atoms with Crippen LogP contribution < -0.4 is 4.74 Å². The van der Waals surface area contributed by atoms with E-state index in [9.17, 15) is 0 Å². The molecule has 0 atom stereocenters. The molecule has 22 heavy (non-hydrogen) atoms. The molecule has 0 saturated heterocycles. The van der Waals surface area contributed by atoms with Crippen LogP contribution in [0.25, 0.3) is 22.4 Å². The number of ether oxygens (including phenoxy) is 1. The van der Waals surface area contributed by atoms with Gasteiger partial charge in [-0.15, -0.1) is 0 Å². The number of fused-ring (bicyclic) bond motifs is 4. The number of rotatable bonds is 0. The molecule has 1 aliphatic heterocycles. The molecule has 2 aromatic heterocycles. The van der Waals surface area contributed by atoms with Crippen LogP contribution in [0.5, 0.6) is 5.75 Å². The summed E-state index contributed by atoms with van der Waals surface area (Å²) >= 11 is 3.44. The van der Waals surface area contributed by atoms with Gasteiger partial charge in [0.2, 0.25) is 0 Å². The van der Waals surface area contributed by atoms with Crippen molar-refractivity contribution in [1.82, 2.24) is 15.0 Å². The van der Waals surface area contributed by atoms with Gasteiger partial charge in [-0.25, -0.2) is 15.0 Å². The van der Waals surface area contributed by atoms with Crippen molar-refractivity contribution in [2.75, 3.05) is 0 Å². The number of hydrogen-bond donors (Lipinski definition) is 0. The van der Waals surface area contributed by atoms with E-state index < -0.39 is 5.60 Å². The zero-order valence-corrected chi connectivity index (χ0v) is 14.1. The standard InChI is InChI=1S/C17H14BrN3O/c1-9-4-5-13-11(6-9)14-15(17(2,3)22-13)21-16-12(20-14)7-10(18)8-19-16/h4-8H,1-3H3. The molecule has 3 aromatic rings. The molecule has 0 spiro atoms. The van der Waals surface area contributed by atoms with Crippen LogP contribution in [0.4, 0.5) is 0 Å². The third kappa shape index (κ3) is 2.00. The SMILES string of the molecule is Cc1ccc2c(c1)-c1nc3cc(Br)cnc3nc1C(C)(C)O2. The van der Waals surface area contributed by atoms with E-state index in [1.165, 1.54) is 5.56 Å². The summed E-state index contributed by atoms with van der Waals surface area (Å²) in [5.41, 5.74) is 4.74. The molecule has 0 saturated carbocycles. The summed E-state index contributed by atoms with van der Waals surface area (Å²) in [5.74, 6) is 0.847. The molecule has 0 radical (unpaired) electrons. The Balaban J connectivity index is 2.10. The molecule has 0 fully saturated rings. The quantitative estimate of drug-likeness (QED) is 0.599. The van der Waals surface area contributed by atoms with Gasteiger partial charge in [0.25, 0.3) is 0 Å². The molecular formula is C17H14BrN3O. The van der Waals surface area contributed by atoms with Gasteiger partial charge < -0.3 is 4.74 Å². The molecule has 4 nitrogen and oxygen atoms in total. The zero-order valence-electron chi connectivity index (χ0n) is 12.5. The Morgan fingerprint density at radius 3 is 2.77 bits per heavy atom. The average molecular weight is 356 g/mol. The first-order chi connectivity index (χ1) is 10.4. The molecule has 0 aliphatic carbocycles. The van der Waals surface area contributed by atoms with E-state index >= 15 is 0 Å². The number of nitrogens with zero attached hydrogens (tertiary/aromatic N) is 3.